The van der Waals surface area contributed by atoms with Gasteiger partial charge in [-0.25, -0.2) is 18.4 Å². The highest BCUT2D eigenvalue weighted by Crippen LogP contribution is 2.34. The summed E-state index contributed by atoms with van der Waals surface area (Å²) in [5, 5.41) is 0.929. The Bertz CT molecular complexity index is 1600. The Morgan fingerprint density at radius 3 is 2.55 bits per heavy atom. The number of ether oxygens (including phenoxy) is 1. The zero-order valence-electron chi connectivity index (χ0n) is 24.4. The zero-order chi connectivity index (χ0) is 29.3. The molecular weight excluding hydrogens is 550 g/mol. The normalized spacial score (nSPS) is 24.4. The van der Waals surface area contributed by atoms with Crippen molar-refractivity contribution in [1.29, 1.82) is 0 Å². The van der Waals surface area contributed by atoms with Crippen LogP contribution in [0.3, 0.4) is 0 Å². The number of fused-ring (bicyclic) bond motifs is 3. The molecule has 1 aliphatic carbocycles. The number of aromatic nitrogens is 3. The summed E-state index contributed by atoms with van der Waals surface area (Å²) in [4.78, 5) is 27.0. The topological polar surface area (TPSA) is 97.6 Å². The average Bonchev–Trinajstić information content (AvgIpc) is 3.49. The van der Waals surface area contributed by atoms with Crippen LogP contribution in [-0.4, -0.2) is 89.5 Å². The molecule has 3 fully saturated rings. The molecule has 3 aliphatic rings. The van der Waals surface area contributed by atoms with Gasteiger partial charge in [0.1, 0.15) is 21.4 Å². The number of nitrogens with zero attached hydrogens (tertiary/aromatic N) is 5. The first-order chi connectivity index (χ1) is 20.2. The third-order valence-electron chi connectivity index (χ3n) is 9.12. The number of hydrogen-bond acceptors (Lipinski definition) is 7. The van der Waals surface area contributed by atoms with E-state index in [-0.39, 0.29) is 17.6 Å². The van der Waals surface area contributed by atoms with Gasteiger partial charge in [-0.1, -0.05) is 12.0 Å². The molecule has 3 aromatic rings. The van der Waals surface area contributed by atoms with Crippen LogP contribution in [0.5, 0.6) is 5.75 Å². The summed E-state index contributed by atoms with van der Waals surface area (Å²) < 4.78 is 30.7. The fourth-order valence-electron chi connectivity index (χ4n) is 6.71. The van der Waals surface area contributed by atoms with Gasteiger partial charge in [0.25, 0.3) is 0 Å². The predicted molar refractivity (Wildman–Crippen MR) is 162 cm³/mol. The Balaban J connectivity index is 1.07. The number of hydrogen-bond donors (Lipinski definition) is 0. The number of carbonyl (C=O) groups is 1. The second-order valence-corrected chi connectivity index (χ2v) is 14.3. The van der Waals surface area contributed by atoms with E-state index in [4.69, 9.17) is 9.72 Å². The molecule has 0 spiro atoms. The van der Waals surface area contributed by atoms with Crippen molar-refractivity contribution in [3.8, 4) is 23.4 Å². The lowest BCUT2D eigenvalue weighted by molar-refractivity contribution is -0.139. The van der Waals surface area contributed by atoms with Crippen LogP contribution in [0.1, 0.15) is 50.8 Å². The minimum absolute atomic E-state index is 0.103. The second kappa shape index (κ2) is 12.1. The maximum absolute atomic E-state index is 13.2. The van der Waals surface area contributed by atoms with Crippen molar-refractivity contribution < 1.29 is 17.9 Å². The van der Waals surface area contributed by atoms with E-state index in [0.29, 0.717) is 48.4 Å². The third kappa shape index (κ3) is 6.32. The Morgan fingerprint density at radius 2 is 1.81 bits per heavy atom. The molecule has 2 aliphatic heterocycles. The Morgan fingerprint density at radius 1 is 1.05 bits per heavy atom. The molecule has 2 saturated heterocycles. The largest absolute Gasteiger partial charge is 0.493 e. The van der Waals surface area contributed by atoms with Crippen LogP contribution < -0.4 is 4.74 Å². The van der Waals surface area contributed by atoms with Crippen LogP contribution in [0.25, 0.3) is 16.7 Å². The molecular formula is C32H39N5O4S. The maximum atomic E-state index is 13.2. The molecule has 2 unspecified atom stereocenters. The van der Waals surface area contributed by atoms with E-state index >= 15 is 0 Å². The molecule has 9 nitrogen and oxygen atoms in total. The fourth-order valence-corrected chi connectivity index (χ4v) is 7.36. The van der Waals surface area contributed by atoms with Gasteiger partial charge >= 0.3 is 0 Å². The average molecular weight is 590 g/mol. The number of benzene rings is 1. The second-order valence-electron chi connectivity index (χ2n) is 12.1. The van der Waals surface area contributed by atoms with Crippen molar-refractivity contribution in [2.75, 3.05) is 38.8 Å². The highest BCUT2D eigenvalue weighted by molar-refractivity contribution is 7.90. The van der Waals surface area contributed by atoms with Crippen molar-refractivity contribution in [2.24, 2.45) is 11.8 Å². The van der Waals surface area contributed by atoms with Gasteiger partial charge in [0.2, 0.25) is 11.7 Å². The van der Waals surface area contributed by atoms with E-state index in [0.717, 1.165) is 49.7 Å². The van der Waals surface area contributed by atoms with E-state index < -0.39 is 9.84 Å². The van der Waals surface area contributed by atoms with Crippen molar-refractivity contribution >= 4 is 26.6 Å². The van der Waals surface area contributed by atoms with E-state index in [1.54, 1.807) is 6.20 Å². The highest BCUT2D eigenvalue weighted by Gasteiger charge is 2.40. The molecule has 0 radical (unpaired) electrons. The molecule has 1 aromatic carbocycles. The van der Waals surface area contributed by atoms with Gasteiger partial charge in [0.05, 0.1) is 17.9 Å². The number of piperazine rings is 1. The summed E-state index contributed by atoms with van der Waals surface area (Å²) in [5.41, 5.74) is 0.935. The first-order valence-electron chi connectivity index (χ1n) is 15.0. The lowest BCUT2D eigenvalue weighted by atomic mass is 9.81. The minimum Gasteiger partial charge on any atom is -0.493 e. The molecule has 2 bridgehead atoms. The molecule has 10 heteroatoms. The van der Waals surface area contributed by atoms with Crippen LogP contribution in [0, 0.1) is 23.7 Å². The molecule has 1 saturated carbocycles. The van der Waals surface area contributed by atoms with E-state index in [1.165, 1.54) is 19.1 Å². The molecule has 42 heavy (non-hydrogen) atoms. The maximum Gasteiger partial charge on any atom is 0.225 e. The number of likely N-dealkylation sites (N-methyl/N-ethyl adjacent to an activating group) is 1. The van der Waals surface area contributed by atoms with Gasteiger partial charge in [0, 0.05) is 61.0 Å². The number of likely N-dealkylation sites (tertiary alicyclic amines) is 1. The summed E-state index contributed by atoms with van der Waals surface area (Å²) in [6.07, 6.45) is 11.4. The van der Waals surface area contributed by atoms with Gasteiger partial charge in [-0.3, -0.25) is 9.69 Å². The number of amides is 1. The fraction of sp³-hybridized carbons (Fsp3) is 0.531. The van der Waals surface area contributed by atoms with Crippen LogP contribution in [0.4, 0.5) is 0 Å². The summed E-state index contributed by atoms with van der Waals surface area (Å²) in [5.74, 6) is 9.32. The van der Waals surface area contributed by atoms with Crippen LogP contribution >= 0.6 is 0 Å². The van der Waals surface area contributed by atoms with Gasteiger partial charge in [-0.2, -0.15) is 0 Å². The van der Waals surface area contributed by atoms with Crippen LogP contribution in [0.15, 0.2) is 42.7 Å². The standard InChI is InChI=1S/C32H39N5O4S/c1-35-25-12-13-26(35)22-36(21-25)32(38)24-10-7-23(8-11-24)9-14-30-33-17-15-31(34-30)37-18-16-27-28(37)5-3-6-29(27)41-19-4-20-42(2,39)40/h3,5-6,15-18,23-26H,4,7-8,10-13,19-22H2,1-2H3. The molecule has 6 rings (SSSR count). The zero-order valence-corrected chi connectivity index (χ0v) is 25.2. The van der Waals surface area contributed by atoms with Crippen LogP contribution in [0.2, 0.25) is 0 Å². The highest BCUT2D eigenvalue weighted by atomic mass is 32.2. The van der Waals surface area contributed by atoms with E-state index in [1.807, 2.05) is 41.1 Å². The smallest absolute Gasteiger partial charge is 0.225 e. The molecule has 1 amide bonds. The lowest BCUT2D eigenvalue weighted by Crippen LogP contribution is -2.55. The number of sulfone groups is 1. The monoisotopic (exact) mass is 589 g/mol. The van der Waals surface area contributed by atoms with Crippen molar-refractivity contribution in [1.82, 2.24) is 24.3 Å². The predicted octanol–water partition coefficient (Wildman–Crippen LogP) is 3.70. The SMILES string of the molecule is CN1C2CCC1CN(C(=O)C1CCC(C#Cc3nccc(-n4ccc5c(OCCCS(C)(=O)=O)cccc54)n3)CC1)C2. The quantitative estimate of drug-likeness (QED) is 0.306. The molecule has 2 atom stereocenters. The third-order valence-corrected chi connectivity index (χ3v) is 10.2. The van der Waals surface area contributed by atoms with Crippen molar-refractivity contribution in [2.45, 2.75) is 57.0 Å². The van der Waals surface area contributed by atoms with Gasteiger partial charge in [-0.15, -0.1) is 0 Å². The molecule has 222 valence electrons. The van der Waals surface area contributed by atoms with Gasteiger partial charge < -0.3 is 14.2 Å². The summed E-state index contributed by atoms with van der Waals surface area (Å²) in [6, 6.07) is 10.7. The molecule has 4 heterocycles. The van der Waals surface area contributed by atoms with E-state index in [9.17, 15) is 13.2 Å². The van der Waals surface area contributed by atoms with Gasteiger partial charge in [0.15, 0.2) is 0 Å². The lowest BCUT2D eigenvalue weighted by Gasteiger charge is -2.41. The van der Waals surface area contributed by atoms with E-state index in [2.05, 4.69) is 33.7 Å². The Hall–Kier alpha value is -3.42. The number of rotatable bonds is 7. The van der Waals surface area contributed by atoms with Crippen molar-refractivity contribution in [3.05, 3.63) is 48.5 Å². The van der Waals surface area contributed by atoms with Crippen LogP contribution in [-0.2, 0) is 14.6 Å². The summed E-state index contributed by atoms with van der Waals surface area (Å²) in [7, 11) is -0.806. The molecule has 0 N–H and O–H groups in total. The molecule has 2 aromatic heterocycles. The minimum atomic E-state index is -3.01. The summed E-state index contributed by atoms with van der Waals surface area (Å²) in [6.45, 7) is 2.10. The first-order valence-corrected chi connectivity index (χ1v) is 17.1. The van der Waals surface area contributed by atoms with Crippen molar-refractivity contribution in [3.63, 3.8) is 0 Å². The Labute approximate surface area is 248 Å². The van der Waals surface area contributed by atoms with Gasteiger partial charge in [-0.05, 0) is 82.2 Å². The Kier molecular flexibility index (Phi) is 8.24. The first kappa shape index (κ1) is 28.7. The number of carbonyl (C=O) groups excluding carboxylic acids is 1. The summed E-state index contributed by atoms with van der Waals surface area (Å²) >= 11 is 0.